The molecule has 1 nitrogen and oxygen atoms in total. The van der Waals surface area contributed by atoms with E-state index in [1.54, 1.807) is 5.56 Å². The van der Waals surface area contributed by atoms with Crippen LogP contribution in [-0.2, 0) is 0 Å². The van der Waals surface area contributed by atoms with Crippen molar-refractivity contribution in [2.45, 2.75) is 38.6 Å². The van der Waals surface area contributed by atoms with Crippen molar-refractivity contribution in [3.63, 3.8) is 0 Å². The van der Waals surface area contributed by atoms with Gasteiger partial charge >= 0.3 is 0 Å². The average molecular weight is 285 g/mol. The Kier molecular flexibility index (Phi) is 3.31. The van der Waals surface area contributed by atoms with Crippen LogP contribution in [0.5, 0.6) is 0 Å². The van der Waals surface area contributed by atoms with Crippen LogP contribution in [-0.4, -0.2) is 6.54 Å². The first-order chi connectivity index (χ1) is 9.86. The third-order valence-electron chi connectivity index (χ3n) is 5.49. The Morgan fingerprint density at radius 2 is 2.15 bits per heavy atom. The van der Waals surface area contributed by atoms with Gasteiger partial charge in [0.05, 0.1) is 0 Å². The van der Waals surface area contributed by atoms with E-state index in [2.05, 4.69) is 41.9 Å². The molecule has 1 heterocycles. The van der Waals surface area contributed by atoms with Crippen molar-refractivity contribution in [2.75, 3.05) is 6.54 Å². The Morgan fingerprint density at radius 1 is 1.25 bits per heavy atom. The fourth-order valence-corrected chi connectivity index (χ4v) is 5.65. The Balaban J connectivity index is 1.72. The van der Waals surface area contributed by atoms with Crippen LogP contribution in [0.3, 0.4) is 0 Å². The van der Waals surface area contributed by atoms with Crippen molar-refractivity contribution in [2.24, 2.45) is 17.8 Å². The molecular weight excluding hydrogens is 262 g/mol. The second kappa shape index (κ2) is 5.16. The summed E-state index contributed by atoms with van der Waals surface area (Å²) in [7, 11) is 0. The third kappa shape index (κ3) is 2.01. The van der Waals surface area contributed by atoms with E-state index in [-0.39, 0.29) is 0 Å². The summed E-state index contributed by atoms with van der Waals surface area (Å²) in [5.41, 5.74) is 1.56. The van der Waals surface area contributed by atoms with Crippen LogP contribution >= 0.6 is 11.3 Å². The molecule has 0 saturated heterocycles. The largest absolute Gasteiger partial charge is 0.310 e. The van der Waals surface area contributed by atoms with Gasteiger partial charge in [-0.05, 0) is 66.0 Å². The number of hydrogen-bond donors (Lipinski definition) is 1. The fraction of sp³-hybridized carbons (Fsp3) is 0.556. The molecule has 0 radical (unpaired) electrons. The van der Waals surface area contributed by atoms with Crippen LogP contribution < -0.4 is 5.32 Å². The summed E-state index contributed by atoms with van der Waals surface area (Å²) < 4.78 is 1.44. The van der Waals surface area contributed by atoms with Gasteiger partial charge in [-0.2, -0.15) is 0 Å². The molecule has 1 aromatic heterocycles. The maximum atomic E-state index is 3.81. The van der Waals surface area contributed by atoms with E-state index >= 15 is 0 Å². The smallest absolute Gasteiger partial charge is 0.0365 e. The van der Waals surface area contributed by atoms with Gasteiger partial charge in [-0.25, -0.2) is 0 Å². The average Bonchev–Trinajstić information content (AvgIpc) is 3.19. The molecule has 20 heavy (non-hydrogen) atoms. The summed E-state index contributed by atoms with van der Waals surface area (Å²) in [6.45, 7) is 3.32. The molecule has 4 rings (SSSR count). The number of fused-ring (bicyclic) bond motifs is 3. The van der Waals surface area contributed by atoms with Crippen molar-refractivity contribution in [3.05, 3.63) is 35.2 Å². The van der Waals surface area contributed by atoms with Crippen LogP contribution in [0, 0.1) is 17.8 Å². The van der Waals surface area contributed by atoms with E-state index in [1.807, 2.05) is 11.3 Å². The van der Waals surface area contributed by atoms with E-state index in [0.29, 0.717) is 6.04 Å². The van der Waals surface area contributed by atoms with Crippen molar-refractivity contribution in [1.82, 2.24) is 5.32 Å². The van der Waals surface area contributed by atoms with Crippen molar-refractivity contribution in [1.29, 1.82) is 0 Å². The van der Waals surface area contributed by atoms with Gasteiger partial charge in [0, 0.05) is 10.7 Å². The van der Waals surface area contributed by atoms with Gasteiger partial charge < -0.3 is 5.32 Å². The quantitative estimate of drug-likeness (QED) is 0.834. The number of thiophene rings is 1. The minimum atomic E-state index is 0.575. The number of benzene rings is 1. The van der Waals surface area contributed by atoms with Crippen molar-refractivity contribution >= 4 is 21.4 Å². The molecule has 2 aromatic rings. The van der Waals surface area contributed by atoms with E-state index in [4.69, 9.17) is 0 Å². The highest BCUT2D eigenvalue weighted by Crippen LogP contribution is 2.53. The molecule has 1 aromatic carbocycles. The van der Waals surface area contributed by atoms with Gasteiger partial charge in [-0.3, -0.25) is 0 Å². The summed E-state index contributed by atoms with van der Waals surface area (Å²) in [5.74, 6) is 2.87. The van der Waals surface area contributed by atoms with Crippen LogP contribution in [0.25, 0.3) is 10.1 Å². The van der Waals surface area contributed by atoms with Gasteiger partial charge in [0.2, 0.25) is 0 Å². The molecule has 2 bridgehead atoms. The van der Waals surface area contributed by atoms with Gasteiger partial charge in [0.25, 0.3) is 0 Å². The minimum absolute atomic E-state index is 0.575. The Labute approximate surface area is 125 Å². The molecule has 2 heteroatoms. The lowest BCUT2D eigenvalue weighted by Crippen LogP contribution is -2.31. The summed E-state index contributed by atoms with van der Waals surface area (Å²) in [5, 5.41) is 7.70. The lowest BCUT2D eigenvalue weighted by atomic mass is 9.80. The second-order valence-electron chi connectivity index (χ2n) is 6.56. The van der Waals surface area contributed by atoms with E-state index in [9.17, 15) is 0 Å². The maximum absolute atomic E-state index is 3.81. The lowest BCUT2D eigenvalue weighted by molar-refractivity contribution is 0.254. The Bertz CT molecular complexity index is 602. The van der Waals surface area contributed by atoms with Gasteiger partial charge in [-0.15, -0.1) is 11.3 Å². The molecule has 0 spiro atoms. The second-order valence-corrected chi connectivity index (χ2v) is 7.47. The van der Waals surface area contributed by atoms with Gasteiger partial charge in [0.1, 0.15) is 0 Å². The van der Waals surface area contributed by atoms with Crippen LogP contribution in [0.4, 0.5) is 0 Å². The predicted octanol–water partition coefficient (Wildman–Crippen LogP) is 4.99. The molecule has 0 amide bonds. The molecular formula is C18H23NS. The highest BCUT2D eigenvalue weighted by Gasteiger charge is 2.43. The first-order valence-electron chi connectivity index (χ1n) is 8.06. The first-order valence-corrected chi connectivity index (χ1v) is 8.94. The van der Waals surface area contributed by atoms with Crippen LogP contribution in [0.1, 0.15) is 44.2 Å². The molecule has 2 aliphatic carbocycles. The Morgan fingerprint density at radius 3 is 2.90 bits per heavy atom. The van der Waals surface area contributed by atoms with Gasteiger partial charge in [-0.1, -0.05) is 31.5 Å². The number of rotatable bonds is 4. The zero-order chi connectivity index (χ0) is 13.5. The fourth-order valence-electron chi connectivity index (χ4n) is 4.65. The highest BCUT2D eigenvalue weighted by atomic mass is 32.1. The van der Waals surface area contributed by atoms with Gasteiger partial charge in [0.15, 0.2) is 0 Å². The minimum Gasteiger partial charge on any atom is -0.310 e. The summed E-state index contributed by atoms with van der Waals surface area (Å²) in [6, 6.07) is 9.47. The molecule has 4 unspecified atom stereocenters. The molecule has 106 valence electrons. The van der Waals surface area contributed by atoms with E-state index in [1.165, 1.54) is 35.8 Å². The predicted molar refractivity (Wildman–Crippen MR) is 87.2 cm³/mol. The monoisotopic (exact) mass is 285 g/mol. The van der Waals surface area contributed by atoms with Crippen LogP contribution in [0.2, 0.25) is 0 Å². The molecule has 4 atom stereocenters. The SMILES string of the molecule is CCNC(c1csc2ccccc12)C1CC2CCC1C2. The molecule has 2 fully saturated rings. The molecule has 1 N–H and O–H groups in total. The van der Waals surface area contributed by atoms with Crippen molar-refractivity contribution < 1.29 is 0 Å². The zero-order valence-corrected chi connectivity index (χ0v) is 13.0. The molecule has 2 aliphatic rings. The number of nitrogens with one attached hydrogen (secondary N) is 1. The van der Waals surface area contributed by atoms with Crippen LogP contribution in [0.15, 0.2) is 29.6 Å². The summed E-state index contributed by atoms with van der Waals surface area (Å²) in [6.07, 6.45) is 5.91. The lowest BCUT2D eigenvalue weighted by Gasteiger charge is -2.31. The summed E-state index contributed by atoms with van der Waals surface area (Å²) >= 11 is 1.91. The van der Waals surface area contributed by atoms with E-state index in [0.717, 1.165) is 24.3 Å². The standard InChI is InChI=1S/C18H23NS/c1-2-19-18(15-10-12-7-8-13(15)9-12)16-11-20-17-6-4-3-5-14(16)17/h3-6,11-13,15,18-19H,2,7-10H2,1H3. The topological polar surface area (TPSA) is 12.0 Å². The zero-order valence-electron chi connectivity index (χ0n) is 12.1. The van der Waals surface area contributed by atoms with E-state index < -0.39 is 0 Å². The van der Waals surface area contributed by atoms with Crippen molar-refractivity contribution in [3.8, 4) is 0 Å². The highest BCUT2D eigenvalue weighted by molar-refractivity contribution is 7.17. The molecule has 0 aliphatic heterocycles. The first kappa shape index (κ1) is 12.8. The summed E-state index contributed by atoms with van der Waals surface area (Å²) in [4.78, 5) is 0. The number of hydrogen-bond acceptors (Lipinski definition) is 2. The third-order valence-corrected chi connectivity index (χ3v) is 6.47. The normalized spacial score (nSPS) is 30.1. The Hall–Kier alpha value is -0.860. The molecule has 2 saturated carbocycles. The maximum Gasteiger partial charge on any atom is 0.0365 e.